The lowest BCUT2D eigenvalue weighted by molar-refractivity contribution is -0.0192. The van der Waals surface area contributed by atoms with Crippen LogP contribution < -0.4 is 5.73 Å². The molecular formula is C14H27NO5. The molecule has 6 nitrogen and oxygen atoms in total. The summed E-state index contributed by atoms with van der Waals surface area (Å²) in [5.74, 6) is 0. The van der Waals surface area contributed by atoms with Gasteiger partial charge in [0.2, 0.25) is 0 Å². The molecule has 0 aromatic carbocycles. The molecule has 0 fully saturated rings. The molecule has 0 bridgehead atoms. The summed E-state index contributed by atoms with van der Waals surface area (Å²) in [5.41, 5.74) is 6.46. The monoisotopic (exact) mass is 289 g/mol. The number of nitrogens with two attached hydrogens (primary N) is 1. The van der Waals surface area contributed by atoms with E-state index in [1.807, 2.05) is 13.0 Å². The number of hydrogen-bond donors (Lipinski definition) is 1. The van der Waals surface area contributed by atoms with Crippen LogP contribution in [0.3, 0.4) is 0 Å². The average Bonchev–Trinajstić information content (AvgIpc) is 2.46. The summed E-state index contributed by atoms with van der Waals surface area (Å²) < 4.78 is 26.7. The van der Waals surface area contributed by atoms with E-state index in [2.05, 4.69) is 0 Å². The molecule has 1 aliphatic carbocycles. The largest absolute Gasteiger partial charge is 0.400 e. The van der Waals surface area contributed by atoms with E-state index < -0.39 is 0 Å². The highest BCUT2D eigenvalue weighted by atomic mass is 16.6. The molecule has 0 saturated carbocycles. The van der Waals surface area contributed by atoms with Crippen LogP contribution in [0.4, 0.5) is 0 Å². The van der Waals surface area contributed by atoms with E-state index in [-0.39, 0.29) is 6.10 Å². The molecule has 20 heavy (non-hydrogen) atoms. The van der Waals surface area contributed by atoms with Crippen LogP contribution in [0.1, 0.15) is 13.3 Å². The topological polar surface area (TPSA) is 72.2 Å². The molecule has 0 radical (unpaired) electrons. The van der Waals surface area contributed by atoms with Gasteiger partial charge in [-0.3, -0.25) is 0 Å². The van der Waals surface area contributed by atoms with Gasteiger partial charge in [-0.15, -0.1) is 0 Å². The summed E-state index contributed by atoms with van der Waals surface area (Å²) in [6.45, 7) is 7.38. The van der Waals surface area contributed by atoms with Crippen molar-refractivity contribution in [3.63, 3.8) is 0 Å². The summed E-state index contributed by atoms with van der Waals surface area (Å²) in [7, 11) is 0. The predicted octanol–water partition coefficient (Wildman–Crippen LogP) is 0.704. The van der Waals surface area contributed by atoms with Crippen molar-refractivity contribution < 1.29 is 23.7 Å². The Balaban J connectivity index is 1.67. The first kappa shape index (κ1) is 17.4. The molecule has 6 heteroatoms. The van der Waals surface area contributed by atoms with Gasteiger partial charge in [0.05, 0.1) is 59.0 Å². The maximum absolute atomic E-state index is 5.63. The highest BCUT2D eigenvalue weighted by molar-refractivity contribution is 5.15. The van der Waals surface area contributed by atoms with Crippen LogP contribution in [0, 0.1) is 0 Å². The van der Waals surface area contributed by atoms with E-state index in [0.717, 1.165) is 18.7 Å². The van der Waals surface area contributed by atoms with Crippen LogP contribution in [-0.4, -0.2) is 65.6 Å². The summed E-state index contributed by atoms with van der Waals surface area (Å²) in [6.07, 6.45) is 2.98. The number of rotatable bonds is 14. The van der Waals surface area contributed by atoms with E-state index in [4.69, 9.17) is 29.4 Å². The van der Waals surface area contributed by atoms with Crippen molar-refractivity contribution in [2.24, 2.45) is 5.73 Å². The Bertz CT molecular complexity index is 260. The zero-order valence-corrected chi connectivity index (χ0v) is 12.3. The van der Waals surface area contributed by atoms with Crippen molar-refractivity contribution in [2.75, 3.05) is 59.5 Å². The molecule has 1 atom stereocenters. The molecule has 1 rings (SSSR count). The van der Waals surface area contributed by atoms with Gasteiger partial charge in [-0.25, -0.2) is 0 Å². The Morgan fingerprint density at radius 1 is 0.900 bits per heavy atom. The van der Waals surface area contributed by atoms with Crippen molar-refractivity contribution >= 4 is 0 Å². The van der Waals surface area contributed by atoms with E-state index in [1.54, 1.807) is 0 Å². The van der Waals surface area contributed by atoms with Crippen LogP contribution in [0.5, 0.6) is 0 Å². The molecule has 118 valence electrons. The third-order valence-corrected chi connectivity index (χ3v) is 2.81. The second-order valence-corrected chi connectivity index (χ2v) is 4.33. The molecule has 0 spiro atoms. The van der Waals surface area contributed by atoms with E-state index in [0.29, 0.717) is 52.9 Å². The molecule has 0 amide bonds. The summed E-state index contributed by atoms with van der Waals surface area (Å²) >= 11 is 0. The maximum Gasteiger partial charge on any atom is 0.1000 e. The van der Waals surface area contributed by atoms with E-state index in [1.165, 1.54) is 0 Å². The SMILES string of the molecule is CCOCCOCCOCCOCCO[C@@H]1CC=C1N. The van der Waals surface area contributed by atoms with Gasteiger partial charge in [0.1, 0.15) is 0 Å². The molecular weight excluding hydrogens is 262 g/mol. The van der Waals surface area contributed by atoms with Crippen molar-refractivity contribution in [1.82, 2.24) is 0 Å². The van der Waals surface area contributed by atoms with Crippen molar-refractivity contribution in [3.05, 3.63) is 11.8 Å². The summed E-state index contributed by atoms with van der Waals surface area (Å²) in [4.78, 5) is 0. The quantitative estimate of drug-likeness (QED) is 0.475. The zero-order chi connectivity index (χ0) is 14.5. The van der Waals surface area contributed by atoms with E-state index in [9.17, 15) is 0 Å². The van der Waals surface area contributed by atoms with Gasteiger partial charge < -0.3 is 29.4 Å². The van der Waals surface area contributed by atoms with Crippen LogP contribution in [0.15, 0.2) is 11.8 Å². The van der Waals surface area contributed by atoms with Crippen LogP contribution in [0.2, 0.25) is 0 Å². The number of hydrogen-bond acceptors (Lipinski definition) is 6. The Hall–Kier alpha value is -0.660. The maximum atomic E-state index is 5.63. The molecule has 0 unspecified atom stereocenters. The smallest absolute Gasteiger partial charge is 0.1000 e. The highest BCUT2D eigenvalue weighted by Gasteiger charge is 2.18. The fourth-order valence-corrected chi connectivity index (χ4v) is 1.57. The minimum atomic E-state index is 0.101. The fraction of sp³-hybridized carbons (Fsp3) is 0.857. The van der Waals surface area contributed by atoms with Gasteiger partial charge in [-0.2, -0.15) is 0 Å². The first-order chi connectivity index (χ1) is 9.84. The van der Waals surface area contributed by atoms with Gasteiger partial charge >= 0.3 is 0 Å². The van der Waals surface area contributed by atoms with Crippen molar-refractivity contribution in [1.29, 1.82) is 0 Å². The van der Waals surface area contributed by atoms with Crippen LogP contribution in [-0.2, 0) is 23.7 Å². The molecule has 0 aromatic rings. The minimum Gasteiger partial charge on any atom is -0.400 e. The second-order valence-electron chi connectivity index (χ2n) is 4.33. The van der Waals surface area contributed by atoms with Gasteiger partial charge in [-0.05, 0) is 13.3 Å². The van der Waals surface area contributed by atoms with Gasteiger partial charge in [-0.1, -0.05) is 6.08 Å². The van der Waals surface area contributed by atoms with Gasteiger partial charge in [0, 0.05) is 12.3 Å². The molecule has 0 heterocycles. The molecule has 2 N–H and O–H groups in total. The predicted molar refractivity (Wildman–Crippen MR) is 75.6 cm³/mol. The molecule has 0 aromatic heterocycles. The normalized spacial score (nSPS) is 17.9. The Morgan fingerprint density at radius 2 is 1.40 bits per heavy atom. The third-order valence-electron chi connectivity index (χ3n) is 2.81. The van der Waals surface area contributed by atoms with Gasteiger partial charge in [0.25, 0.3) is 0 Å². The highest BCUT2D eigenvalue weighted by Crippen LogP contribution is 2.17. The molecule has 1 aliphatic rings. The lowest BCUT2D eigenvalue weighted by atomic mass is 10.0. The number of ether oxygens (including phenoxy) is 5. The molecule has 0 aliphatic heterocycles. The van der Waals surface area contributed by atoms with E-state index >= 15 is 0 Å². The average molecular weight is 289 g/mol. The Kier molecular flexibility index (Phi) is 10.5. The van der Waals surface area contributed by atoms with Gasteiger partial charge in [0.15, 0.2) is 0 Å². The second kappa shape index (κ2) is 12.1. The summed E-state index contributed by atoms with van der Waals surface area (Å²) in [6, 6.07) is 0. The Labute approximate surface area is 121 Å². The lowest BCUT2D eigenvalue weighted by Gasteiger charge is -2.23. The van der Waals surface area contributed by atoms with Crippen LogP contribution >= 0.6 is 0 Å². The standard InChI is InChI=1S/C14H27NO5/c1-2-16-5-6-17-7-8-18-9-10-19-11-12-20-14-4-3-13(14)15/h3,14H,2,4-12,15H2,1H3/t14-/m1/s1. The van der Waals surface area contributed by atoms with Crippen molar-refractivity contribution in [3.8, 4) is 0 Å². The third kappa shape index (κ3) is 8.50. The zero-order valence-electron chi connectivity index (χ0n) is 12.3. The Morgan fingerprint density at radius 3 is 1.80 bits per heavy atom. The van der Waals surface area contributed by atoms with Crippen molar-refractivity contribution in [2.45, 2.75) is 19.4 Å². The molecule has 0 saturated heterocycles. The first-order valence-corrected chi connectivity index (χ1v) is 7.22. The summed E-state index contributed by atoms with van der Waals surface area (Å²) in [5, 5.41) is 0. The van der Waals surface area contributed by atoms with Crippen LogP contribution in [0.25, 0.3) is 0 Å². The first-order valence-electron chi connectivity index (χ1n) is 7.22. The fourth-order valence-electron chi connectivity index (χ4n) is 1.57. The minimum absolute atomic E-state index is 0.101. The lowest BCUT2D eigenvalue weighted by Crippen LogP contribution is -2.29.